The summed E-state index contributed by atoms with van der Waals surface area (Å²) in [5.74, 6) is 1.91. The van der Waals surface area contributed by atoms with Crippen molar-refractivity contribution in [2.75, 3.05) is 75.1 Å². The number of hydrogen-bond donors (Lipinski definition) is 5. The van der Waals surface area contributed by atoms with E-state index in [0.717, 1.165) is 38.9 Å². The van der Waals surface area contributed by atoms with Gasteiger partial charge in [-0.3, -0.25) is 33.6 Å². The molecule has 0 aliphatic heterocycles. The number of methoxy groups -OCH3 is 1. The highest BCUT2D eigenvalue weighted by molar-refractivity contribution is 5.80. The Morgan fingerprint density at radius 3 is 1.10 bits per heavy atom. The molecule has 0 aromatic carbocycles. The molecular formula is C48H103N7O8. The van der Waals surface area contributed by atoms with Gasteiger partial charge in [0.25, 0.3) is 0 Å². The molecule has 0 radical (unpaired) electrons. The molecular weight excluding hydrogens is 803 g/mol. The molecule has 0 aromatic rings. The third kappa shape index (κ3) is 62.8. The highest BCUT2D eigenvalue weighted by Crippen LogP contribution is 2.08. The largest absolute Gasteiger partial charge is 0.385 e. The van der Waals surface area contributed by atoms with Crippen molar-refractivity contribution >= 4 is 41.2 Å². The molecule has 0 saturated carbocycles. The van der Waals surface area contributed by atoms with E-state index in [9.17, 15) is 33.6 Å². The van der Waals surface area contributed by atoms with Gasteiger partial charge in [-0.2, -0.15) is 0 Å². The number of carbonyl (C=O) groups excluding carboxylic acids is 7. The monoisotopic (exact) mass is 906 g/mol. The van der Waals surface area contributed by atoms with Crippen LogP contribution in [0.2, 0.25) is 0 Å². The minimum absolute atomic E-state index is 0.0542. The molecule has 0 aromatic heterocycles. The Kier molecular flexibility index (Phi) is 54.4. The summed E-state index contributed by atoms with van der Waals surface area (Å²) in [5, 5.41) is 13.9. The third-order valence-electron chi connectivity index (χ3n) is 8.19. The van der Waals surface area contributed by atoms with Gasteiger partial charge in [0, 0.05) is 108 Å². The molecule has 0 atom stereocenters. The van der Waals surface area contributed by atoms with Crippen LogP contribution >= 0.6 is 0 Å². The molecule has 0 bridgehead atoms. The summed E-state index contributed by atoms with van der Waals surface area (Å²) in [5.41, 5.74) is -0.0542. The van der Waals surface area contributed by atoms with Crippen LogP contribution in [0.1, 0.15) is 151 Å². The van der Waals surface area contributed by atoms with Crippen LogP contribution in [0.15, 0.2) is 0 Å². The Labute approximate surface area is 387 Å². The van der Waals surface area contributed by atoms with Crippen LogP contribution in [0.5, 0.6) is 0 Å². The minimum atomic E-state index is -0.0542. The summed E-state index contributed by atoms with van der Waals surface area (Å²) in [6.07, 6.45) is 2.86. The van der Waals surface area contributed by atoms with E-state index in [0.29, 0.717) is 13.2 Å². The lowest BCUT2D eigenvalue weighted by molar-refractivity contribution is -0.132. The van der Waals surface area contributed by atoms with Gasteiger partial charge in [0.15, 0.2) is 0 Å². The van der Waals surface area contributed by atoms with Gasteiger partial charge in [-0.1, -0.05) is 111 Å². The number of likely N-dealkylation sites (N-methyl/N-ethyl adjacent to an activating group) is 1. The lowest BCUT2D eigenvalue weighted by Crippen LogP contribution is -2.44. The zero-order valence-corrected chi connectivity index (χ0v) is 45.4. The zero-order chi connectivity index (χ0) is 51.6. The molecule has 0 aliphatic carbocycles. The van der Waals surface area contributed by atoms with E-state index < -0.39 is 0 Å². The van der Waals surface area contributed by atoms with Gasteiger partial charge in [0.05, 0.1) is 0 Å². The van der Waals surface area contributed by atoms with Crippen molar-refractivity contribution in [1.29, 1.82) is 0 Å². The molecule has 63 heavy (non-hydrogen) atoms. The quantitative estimate of drug-likeness (QED) is 0.0945. The van der Waals surface area contributed by atoms with E-state index in [1.165, 1.54) is 0 Å². The maximum absolute atomic E-state index is 11.2. The van der Waals surface area contributed by atoms with Gasteiger partial charge in [0.2, 0.25) is 35.4 Å². The first kappa shape index (κ1) is 73.8. The van der Waals surface area contributed by atoms with Crippen molar-refractivity contribution in [3.63, 3.8) is 0 Å². The molecule has 15 nitrogen and oxygen atoms in total. The Balaban J connectivity index is -0.000000117. The van der Waals surface area contributed by atoms with Crippen LogP contribution in [0, 0.1) is 41.4 Å². The van der Waals surface area contributed by atoms with Gasteiger partial charge in [-0.15, -0.1) is 0 Å². The molecule has 0 fully saturated rings. The topological polar surface area (TPSA) is 195 Å². The van der Waals surface area contributed by atoms with Crippen LogP contribution in [0.4, 0.5) is 0 Å². The van der Waals surface area contributed by atoms with Crippen LogP contribution in [0.3, 0.4) is 0 Å². The average molecular weight is 906 g/mol. The highest BCUT2D eigenvalue weighted by atomic mass is 16.5. The Bertz CT molecular complexity index is 1160. The zero-order valence-electron chi connectivity index (χ0n) is 45.4. The first-order valence-corrected chi connectivity index (χ1v) is 22.9. The van der Waals surface area contributed by atoms with Gasteiger partial charge < -0.3 is 41.1 Å². The van der Waals surface area contributed by atoms with Gasteiger partial charge in [-0.05, 0) is 54.1 Å². The molecule has 0 heterocycles. The van der Waals surface area contributed by atoms with Crippen molar-refractivity contribution < 1.29 is 38.3 Å². The molecule has 0 spiro atoms. The van der Waals surface area contributed by atoms with Crippen LogP contribution in [-0.4, -0.2) is 132 Å². The van der Waals surface area contributed by atoms with E-state index >= 15 is 0 Å². The number of nitrogens with one attached hydrogen (secondary N) is 5. The lowest BCUT2D eigenvalue weighted by Gasteiger charge is -2.25. The molecule has 378 valence electrons. The molecule has 15 heteroatoms. The summed E-state index contributed by atoms with van der Waals surface area (Å²) < 4.78 is 4.83. The van der Waals surface area contributed by atoms with Gasteiger partial charge >= 0.3 is 0 Å². The Morgan fingerprint density at radius 1 is 0.540 bits per heavy atom. The van der Waals surface area contributed by atoms with E-state index in [4.69, 9.17) is 4.74 Å². The summed E-state index contributed by atoms with van der Waals surface area (Å²) in [6, 6.07) is 0. The first-order valence-electron chi connectivity index (χ1n) is 22.9. The maximum Gasteiger partial charge on any atom is 0.224 e. The number of ketones is 1. The Morgan fingerprint density at radius 2 is 0.889 bits per heavy atom. The minimum Gasteiger partial charge on any atom is -0.385 e. The fraction of sp³-hybridized carbons (Fsp3) is 0.854. The van der Waals surface area contributed by atoms with Crippen molar-refractivity contribution in [3.8, 4) is 0 Å². The molecule has 0 rings (SSSR count). The number of hydrogen-bond acceptors (Lipinski definition) is 9. The van der Waals surface area contributed by atoms with E-state index in [1.807, 2.05) is 137 Å². The molecule has 0 saturated heterocycles. The summed E-state index contributed by atoms with van der Waals surface area (Å²) in [6.45, 7) is 40.1. The standard InChI is InChI=1S/C9H19NO.C8H18N2O.C8H17NO2.C7H15NO.C6H13NO.C5H11NO.C5H10O/c1-6-9(4,5)10-8(11)7(2)3;1-7(2)8(11)9-5-6-10(3)4;1-7(2)8(10)9-5-4-6-11-3;1-4-5-8-7(9)6(2)3;1-5(2)6(8)7(3)4;1-4(2)5(7)6-3;1-4(2)5(3)6/h7H,6H2,1-5H3,(H,10,11);7H,5-6H2,1-4H3,(H,9,11);7H,4-6H2,1-3H3,(H,9,10);6H,4-5H2,1-3H3,(H,8,9);5H,1-4H3;4H,1-3H3,(H,6,7);4H,1-3H3. The molecule has 0 unspecified atom stereocenters. The van der Waals surface area contributed by atoms with Crippen LogP contribution in [-0.2, 0) is 38.3 Å². The molecule has 0 aliphatic rings. The predicted octanol–water partition coefficient (Wildman–Crippen LogP) is 6.58. The van der Waals surface area contributed by atoms with Crippen molar-refractivity contribution in [2.24, 2.45) is 41.4 Å². The second-order valence-corrected chi connectivity index (χ2v) is 18.3. The fourth-order valence-electron chi connectivity index (χ4n) is 3.06. The van der Waals surface area contributed by atoms with Crippen molar-refractivity contribution in [3.05, 3.63) is 0 Å². The smallest absolute Gasteiger partial charge is 0.224 e. The summed E-state index contributed by atoms with van der Waals surface area (Å²) in [7, 11) is 10.8. The number of Topliss-reactive ketones (excluding diaryl/α,β-unsaturated/α-hetero) is 1. The number of ether oxygens (including phenoxy) is 1. The van der Waals surface area contributed by atoms with E-state index in [-0.39, 0.29) is 88.2 Å². The first-order chi connectivity index (χ1) is 28.7. The van der Waals surface area contributed by atoms with Gasteiger partial charge in [0.1, 0.15) is 5.78 Å². The van der Waals surface area contributed by atoms with Crippen LogP contribution < -0.4 is 26.6 Å². The number of carbonyl (C=O) groups is 7. The van der Waals surface area contributed by atoms with Crippen molar-refractivity contribution in [2.45, 2.75) is 156 Å². The second kappa shape index (κ2) is 46.4. The van der Waals surface area contributed by atoms with E-state index in [1.54, 1.807) is 40.1 Å². The van der Waals surface area contributed by atoms with Gasteiger partial charge in [-0.25, -0.2) is 0 Å². The van der Waals surface area contributed by atoms with Crippen LogP contribution in [0.25, 0.3) is 0 Å². The predicted molar refractivity (Wildman–Crippen MR) is 264 cm³/mol. The van der Waals surface area contributed by atoms with Crippen molar-refractivity contribution in [1.82, 2.24) is 36.4 Å². The highest BCUT2D eigenvalue weighted by Gasteiger charge is 2.19. The number of rotatable bonds is 18. The Hall–Kier alpha value is -3.59. The fourth-order valence-corrected chi connectivity index (χ4v) is 3.06. The second-order valence-electron chi connectivity index (χ2n) is 18.3. The number of amides is 6. The van der Waals surface area contributed by atoms with E-state index in [2.05, 4.69) is 33.5 Å². The normalized spacial score (nSPS) is 10.2. The summed E-state index contributed by atoms with van der Waals surface area (Å²) >= 11 is 0. The average Bonchev–Trinajstić information content (AvgIpc) is 3.18. The maximum atomic E-state index is 11.2. The molecule has 6 amide bonds. The summed E-state index contributed by atoms with van der Waals surface area (Å²) in [4.78, 5) is 78.9. The number of nitrogens with zero attached hydrogens (tertiary/aromatic N) is 2. The molecule has 5 N–H and O–H groups in total. The lowest BCUT2D eigenvalue weighted by atomic mass is 10.0. The third-order valence-corrected chi connectivity index (χ3v) is 8.19. The SMILES string of the molecule is CC(=O)C(C)C.CC(C)C(=O)N(C)C.CC(C)C(=O)NCCN(C)C.CCC(C)(C)NC(=O)C(C)C.CCCNC(=O)C(C)C.CNC(=O)C(C)C.COCCCNC(=O)C(C)C.